The Morgan fingerprint density at radius 2 is 1.77 bits per heavy atom. The van der Waals surface area contributed by atoms with Crippen molar-refractivity contribution in [2.75, 3.05) is 43.4 Å². The van der Waals surface area contributed by atoms with Crippen LogP contribution in [0.3, 0.4) is 0 Å². The zero-order chi connectivity index (χ0) is 27.5. The molecule has 200 valence electrons. The average molecular weight is 546 g/mol. The van der Waals surface area contributed by atoms with E-state index in [2.05, 4.69) is 42.4 Å². The fourth-order valence-electron chi connectivity index (χ4n) is 4.37. The van der Waals surface area contributed by atoms with E-state index in [4.69, 9.17) is 11.6 Å². The molecule has 1 saturated heterocycles. The van der Waals surface area contributed by atoms with Crippen LogP contribution in [0.4, 0.5) is 11.6 Å². The number of rotatable bonds is 6. The Morgan fingerprint density at radius 1 is 1.03 bits per heavy atom. The second-order valence-electron chi connectivity index (χ2n) is 9.53. The minimum atomic E-state index is -0.668. The van der Waals surface area contributed by atoms with Crippen LogP contribution in [0.25, 0.3) is 11.0 Å². The number of likely N-dealkylation sites (N-methyl/N-ethyl adjacent to an activating group) is 1. The van der Waals surface area contributed by atoms with Crippen molar-refractivity contribution in [2.45, 2.75) is 13.0 Å². The molecule has 1 fully saturated rings. The van der Waals surface area contributed by atoms with Crippen LogP contribution < -0.4 is 21.1 Å². The number of nitrogens with zero attached hydrogens (tertiary/aromatic N) is 4. The smallest absolute Gasteiger partial charge is 0.262 e. The number of aromatic nitrogens is 3. The van der Waals surface area contributed by atoms with Crippen molar-refractivity contribution in [3.63, 3.8) is 0 Å². The molecular weight excluding hydrogens is 518 g/mol. The number of amides is 2. The predicted molar refractivity (Wildman–Crippen MR) is 152 cm³/mol. The highest BCUT2D eigenvalue weighted by molar-refractivity contribution is 6.34. The monoisotopic (exact) mass is 545 g/mol. The van der Waals surface area contributed by atoms with E-state index < -0.39 is 11.5 Å². The number of piperazine rings is 1. The van der Waals surface area contributed by atoms with Gasteiger partial charge in [-0.2, -0.15) is 4.98 Å². The van der Waals surface area contributed by atoms with Gasteiger partial charge in [-0.05, 0) is 43.8 Å². The lowest BCUT2D eigenvalue weighted by atomic mass is 10.1. The lowest BCUT2D eigenvalue weighted by molar-refractivity contribution is 0.0938. The molecule has 5 rings (SSSR count). The zero-order valence-electron chi connectivity index (χ0n) is 21.6. The van der Waals surface area contributed by atoms with E-state index in [1.54, 1.807) is 12.3 Å². The third-order valence-corrected chi connectivity index (χ3v) is 7.06. The number of benzene rings is 2. The molecule has 1 atom stereocenters. The molecule has 0 unspecified atom stereocenters. The van der Waals surface area contributed by atoms with Gasteiger partial charge in [0.05, 0.1) is 16.8 Å². The van der Waals surface area contributed by atoms with Crippen molar-refractivity contribution in [1.82, 2.24) is 25.2 Å². The van der Waals surface area contributed by atoms with E-state index in [1.165, 1.54) is 18.2 Å². The van der Waals surface area contributed by atoms with Crippen LogP contribution in [0.1, 0.15) is 39.2 Å². The van der Waals surface area contributed by atoms with Gasteiger partial charge >= 0.3 is 0 Å². The molecule has 0 aliphatic carbocycles. The number of aromatic amines is 1. The molecule has 2 aromatic heterocycles. The quantitative estimate of drug-likeness (QED) is 0.339. The molecule has 0 bridgehead atoms. The van der Waals surface area contributed by atoms with Crippen LogP contribution in [0.5, 0.6) is 0 Å². The minimum absolute atomic E-state index is 0.123. The summed E-state index contributed by atoms with van der Waals surface area (Å²) in [6, 6.07) is 15.4. The molecule has 4 aromatic rings. The molecule has 3 heterocycles. The number of H-pyrrole nitrogens is 1. The SMILES string of the molecule is C[C@@H](NC(=O)c1ccc(Cl)c(NC(=O)c2cc3cnc(N4CCN(C)CC4)nc3[nH]c2=O)c1)c1ccccc1. The molecule has 10 nitrogen and oxygen atoms in total. The van der Waals surface area contributed by atoms with E-state index in [0.29, 0.717) is 22.5 Å². The van der Waals surface area contributed by atoms with Crippen LogP contribution in [0.2, 0.25) is 5.02 Å². The fourth-order valence-corrected chi connectivity index (χ4v) is 4.53. The van der Waals surface area contributed by atoms with Gasteiger partial charge in [-0.25, -0.2) is 4.98 Å². The molecule has 1 aliphatic heterocycles. The summed E-state index contributed by atoms with van der Waals surface area (Å²) in [6.07, 6.45) is 1.59. The van der Waals surface area contributed by atoms with Gasteiger partial charge in [0.25, 0.3) is 17.4 Å². The van der Waals surface area contributed by atoms with Gasteiger partial charge in [0.2, 0.25) is 5.95 Å². The third kappa shape index (κ3) is 5.92. The highest BCUT2D eigenvalue weighted by atomic mass is 35.5. The molecule has 2 amide bonds. The van der Waals surface area contributed by atoms with Crippen LogP contribution in [0.15, 0.2) is 65.6 Å². The highest BCUT2D eigenvalue weighted by Gasteiger charge is 2.20. The Bertz CT molecular complexity index is 1580. The fraction of sp³-hybridized carbons (Fsp3) is 0.250. The Labute approximate surface area is 230 Å². The summed E-state index contributed by atoms with van der Waals surface area (Å²) in [4.78, 5) is 54.7. The van der Waals surface area contributed by atoms with Crippen molar-refractivity contribution >= 4 is 46.1 Å². The average Bonchev–Trinajstić information content (AvgIpc) is 2.94. The summed E-state index contributed by atoms with van der Waals surface area (Å²) in [5, 5.41) is 6.34. The third-order valence-electron chi connectivity index (χ3n) is 6.74. The molecule has 1 aliphatic rings. The van der Waals surface area contributed by atoms with Gasteiger partial charge in [0.1, 0.15) is 11.2 Å². The number of hydrogen-bond acceptors (Lipinski definition) is 7. The van der Waals surface area contributed by atoms with Gasteiger partial charge in [-0.15, -0.1) is 0 Å². The number of hydrogen-bond donors (Lipinski definition) is 3. The second kappa shape index (κ2) is 11.2. The van der Waals surface area contributed by atoms with Crippen LogP contribution in [-0.4, -0.2) is 64.9 Å². The lowest BCUT2D eigenvalue weighted by Gasteiger charge is -2.32. The maximum Gasteiger partial charge on any atom is 0.262 e. The van der Waals surface area contributed by atoms with Gasteiger partial charge in [-0.3, -0.25) is 14.4 Å². The first kappa shape index (κ1) is 26.3. The maximum atomic E-state index is 13.1. The molecule has 0 saturated carbocycles. The molecule has 11 heteroatoms. The first-order chi connectivity index (χ1) is 18.8. The van der Waals surface area contributed by atoms with Crippen LogP contribution >= 0.6 is 11.6 Å². The van der Waals surface area contributed by atoms with Crippen LogP contribution in [0, 0.1) is 0 Å². The molecule has 0 radical (unpaired) electrons. The first-order valence-corrected chi connectivity index (χ1v) is 13.0. The Hall–Kier alpha value is -4.28. The first-order valence-electron chi connectivity index (χ1n) is 12.6. The van der Waals surface area contributed by atoms with E-state index >= 15 is 0 Å². The number of carbonyl (C=O) groups excluding carboxylic acids is 2. The van der Waals surface area contributed by atoms with Crippen molar-refractivity contribution in [1.29, 1.82) is 0 Å². The molecule has 0 spiro atoms. The van der Waals surface area contributed by atoms with E-state index in [1.807, 2.05) is 37.3 Å². The predicted octanol–water partition coefficient (Wildman–Crippen LogP) is 3.47. The van der Waals surface area contributed by atoms with Crippen molar-refractivity contribution in [3.8, 4) is 0 Å². The summed E-state index contributed by atoms with van der Waals surface area (Å²) in [5.74, 6) is -0.458. The molecule has 39 heavy (non-hydrogen) atoms. The Morgan fingerprint density at radius 3 is 2.51 bits per heavy atom. The van der Waals surface area contributed by atoms with E-state index in [-0.39, 0.29) is 28.2 Å². The second-order valence-corrected chi connectivity index (χ2v) is 9.94. The van der Waals surface area contributed by atoms with Crippen molar-refractivity contribution in [2.24, 2.45) is 0 Å². The van der Waals surface area contributed by atoms with E-state index in [0.717, 1.165) is 31.7 Å². The van der Waals surface area contributed by atoms with Crippen LogP contribution in [-0.2, 0) is 0 Å². The number of nitrogens with one attached hydrogen (secondary N) is 3. The van der Waals surface area contributed by atoms with Gasteiger partial charge < -0.3 is 25.4 Å². The summed E-state index contributed by atoms with van der Waals surface area (Å²) in [5.41, 5.74) is 1.12. The summed E-state index contributed by atoms with van der Waals surface area (Å²) >= 11 is 6.31. The Kier molecular flexibility index (Phi) is 7.58. The van der Waals surface area contributed by atoms with E-state index in [9.17, 15) is 14.4 Å². The maximum absolute atomic E-state index is 13.1. The number of halogens is 1. The van der Waals surface area contributed by atoms with Gasteiger partial charge in [0, 0.05) is 43.3 Å². The number of carbonyl (C=O) groups is 2. The van der Waals surface area contributed by atoms with Crippen molar-refractivity contribution in [3.05, 3.63) is 92.9 Å². The highest BCUT2D eigenvalue weighted by Crippen LogP contribution is 2.24. The van der Waals surface area contributed by atoms with Gasteiger partial charge in [0.15, 0.2) is 0 Å². The summed E-state index contributed by atoms with van der Waals surface area (Å²) in [6.45, 7) is 5.25. The molecular formula is C28H28ClN7O3. The summed E-state index contributed by atoms with van der Waals surface area (Å²) < 4.78 is 0. The lowest BCUT2D eigenvalue weighted by Crippen LogP contribution is -2.45. The van der Waals surface area contributed by atoms with Crippen molar-refractivity contribution < 1.29 is 9.59 Å². The topological polar surface area (TPSA) is 123 Å². The minimum Gasteiger partial charge on any atom is -0.346 e. The number of anilines is 2. The van der Waals surface area contributed by atoms with Gasteiger partial charge in [-0.1, -0.05) is 41.9 Å². The molecule has 3 N–H and O–H groups in total. The summed E-state index contributed by atoms with van der Waals surface area (Å²) in [7, 11) is 2.06. The zero-order valence-corrected chi connectivity index (χ0v) is 22.3. The molecule has 2 aromatic carbocycles. The number of pyridine rings is 1. The largest absolute Gasteiger partial charge is 0.346 e. The normalized spacial score (nSPS) is 14.7. The standard InChI is InChI=1S/C28H28ClN7O3/c1-17(18-6-4-3-5-7-18)31-25(37)19-8-9-22(29)23(15-19)32-26(38)21-14-20-16-30-28(34-24(20)33-27(21)39)36-12-10-35(2)11-13-36/h3-9,14-17H,10-13H2,1-2H3,(H,31,37)(H,32,38)(H,30,33,34,39)/t17-/m1/s1. The number of fused-ring (bicyclic) bond motifs is 1. The Balaban J connectivity index is 1.33.